The number of nitrogens with one attached hydrogen (secondary N) is 3. The molecule has 0 spiro atoms. The lowest BCUT2D eigenvalue weighted by Crippen LogP contribution is -2.52. The number of rotatable bonds is 3. The molecule has 1 saturated heterocycles. The Morgan fingerprint density at radius 3 is 2.00 bits per heavy atom. The monoisotopic (exact) mass is 357 g/mol. The van der Waals surface area contributed by atoms with Crippen LogP contribution in [-0.4, -0.2) is 64.4 Å². The summed E-state index contributed by atoms with van der Waals surface area (Å²) in [5.74, 6) is -0.361. The predicted molar refractivity (Wildman–Crippen MR) is 94.8 cm³/mol. The lowest BCUT2D eigenvalue weighted by Gasteiger charge is -2.34. The van der Waals surface area contributed by atoms with Crippen LogP contribution < -0.4 is 16.2 Å². The Morgan fingerprint density at radius 2 is 1.50 bits per heavy atom. The molecular weight excluding hydrogens is 330 g/mol. The SMILES string of the molecule is CC(=O)N1CCN(C(=O)CCC(=O)NNC(=S)NC(C)(C)C)CC1. The summed E-state index contributed by atoms with van der Waals surface area (Å²) in [6, 6.07) is 0. The number of hydrogen-bond donors (Lipinski definition) is 3. The minimum Gasteiger partial charge on any atom is -0.357 e. The van der Waals surface area contributed by atoms with Crippen LogP contribution in [0.15, 0.2) is 0 Å². The minimum atomic E-state index is -0.302. The second-order valence-corrected chi connectivity index (χ2v) is 7.17. The van der Waals surface area contributed by atoms with Crippen molar-refractivity contribution in [2.45, 2.75) is 46.1 Å². The Hall–Kier alpha value is -1.90. The summed E-state index contributed by atoms with van der Waals surface area (Å²) in [6.07, 6.45) is 0.212. The summed E-state index contributed by atoms with van der Waals surface area (Å²) in [5, 5.41) is 3.32. The Bertz CT molecular complexity index is 496. The van der Waals surface area contributed by atoms with E-state index in [-0.39, 0.29) is 36.1 Å². The van der Waals surface area contributed by atoms with Crippen molar-refractivity contribution in [2.24, 2.45) is 0 Å². The zero-order chi connectivity index (χ0) is 18.3. The van der Waals surface area contributed by atoms with Gasteiger partial charge in [0.25, 0.3) is 0 Å². The first kappa shape index (κ1) is 20.1. The van der Waals surface area contributed by atoms with Gasteiger partial charge >= 0.3 is 0 Å². The Labute approximate surface area is 148 Å². The van der Waals surface area contributed by atoms with E-state index in [1.54, 1.807) is 9.80 Å². The van der Waals surface area contributed by atoms with Gasteiger partial charge in [0, 0.05) is 51.5 Å². The number of thiocarbonyl (C=S) groups is 1. The molecule has 8 nitrogen and oxygen atoms in total. The van der Waals surface area contributed by atoms with E-state index in [1.165, 1.54) is 6.92 Å². The Balaban J connectivity index is 2.24. The fourth-order valence-corrected chi connectivity index (χ4v) is 2.57. The number of carbonyl (C=O) groups excluding carboxylic acids is 3. The first-order valence-electron chi connectivity index (χ1n) is 7.99. The number of hydrazine groups is 1. The zero-order valence-electron chi connectivity index (χ0n) is 14.8. The largest absolute Gasteiger partial charge is 0.357 e. The van der Waals surface area contributed by atoms with Crippen molar-refractivity contribution in [1.82, 2.24) is 26.0 Å². The molecule has 3 amide bonds. The van der Waals surface area contributed by atoms with E-state index in [0.717, 1.165) is 0 Å². The molecule has 1 heterocycles. The number of carbonyl (C=O) groups is 3. The average Bonchev–Trinajstić information content (AvgIpc) is 2.49. The number of amides is 3. The molecule has 0 aromatic carbocycles. The van der Waals surface area contributed by atoms with Gasteiger partial charge in [0.1, 0.15) is 0 Å². The van der Waals surface area contributed by atoms with Crippen LogP contribution in [0.4, 0.5) is 0 Å². The summed E-state index contributed by atoms with van der Waals surface area (Å²) in [6.45, 7) is 9.49. The predicted octanol–water partition coefficient (Wildman–Crippen LogP) is -0.249. The Morgan fingerprint density at radius 1 is 0.958 bits per heavy atom. The van der Waals surface area contributed by atoms with Gasteiger partial charge in [-0.15, -0.1) is 0 Å². The van der Waals surface area contributed by atoms with Crippen molar-refractivity contribution in [1.29, 1.82) is 0 Å². The van der Waals surface area contributed by atoms with Crippen molar-refractivity contribution in [3.63, 3.8) is 0 Å². The molecule has 0 bridgehead atoms. The first-order chi connectivity index (χ1) is 11.1. The average molecular weight is 357 g/mol. The molecule has 1 aliphatic heterocycles. The quantitative estimate of drug-likeness (QED) is 0.476. The lowest BCUT2D eigenvalue weighted by atomic mass is 10.1. The highest BCUT2D eigenvalue weighted by Gasteiger charge is 2.22. The molecule has 1 aliphatic rings. The molecule has 0 atom stereocenters. The lowest BCUT2D eigenvalue weighted by molar-refractivity contribution is -0.139. The van der Waals surface area contributed by atoms with Crippen LogP contribution >= 0.6 is 12.2 Å². The van der Waals surface area contributed by atoms with Crippen LogP contribution in [-0.2, 0) is 14.4 Å². The number of nitrogens with zero attached hydrogens (tertiary/aromatic N) is 2. The maximum atomic E-state index is 12.1. The van der Waals surface area contributed by atoms with E-state index in [9.17, 15) is 14.4 Å². The normalized spacial score (nSPS) is 14.8. The van der Waals surface area contributed by atoms with Crippen LogP contribution in [0.25, 0.3) is 0 Å². The van der Waals surface area contributed by atoms with Crippen molar-refractivity contribution in [2.75, 3.05) is 26.2 Å². The van der Waals surface area contributed by atoms with E-state index < -0.39 is 0 Å². The maximum absolute atomic E-state index is 12.1. The molecule has 1 rings (SSSR count). The summed E-state index contributed by atoms with van der Waals surface area (Å²) in [7, 11) is 0. The Kier molecular flexibility index (Phi) is 7.40. The van der Waals surface area contributed by atoms with E-state index in [2.05, 4.69) is 16.2 Å². The van der Waals surface area contributed by atoms with Crippen LogP contribution in [0.5, 0.6) is 0 Å². The van der Waals surface area contributed by atoms with Crippen molar-refractivity contribution in [3.05, 3.63) is 0 Å². The summed E-state index contributed by atoms with van der Waals surface area (Å²) < 4.78 is 0. The van der Waals surface area contributed by atoms with Crippen LogP contribution in [0.2, 0.25) is 0 Å². The molecule has 9 heteroatoms. The van der Waals surface area contributed by atoms with Crippen molar-refractivity contribution in [3.8, 4) is 0 Å². The standard InChI is InChI=1S/C15H27N5O3S/c1-11(21)19-7-9-20(10-8-19)13(23)6-5-12(22)17-18-14(24)16-15(2,3)4/h5-10H2,1-4H3,(H,17,22)(H2,16,18,24). The van der Waals surface area contributed by atoms with Gasteiger partial charge in [-0.25, -0.2) is 0 Å². The molecule has 0 radical (unpaired) electrons. The fraction of sp³-hybridized carbons (Fsp3) is 0.733. The minimum absolute atomic E-state index is 0.0207. The fourth-order valence-electron chi connectivity index (χ4n) is 2.21. The van der Waals surface area contributed by atoms with Gasteiger partial charge in [-0.2, -0.15) is 0 Å². The molecular formula is C15H27N5O3S. The number of piperazine rings is 1. The molecule has 1 fully saturated rings. The van der Waals surface area contributed by atoms with Gasteiger partial charge < -0.3 is 15.1 Å². The first-order valence-corrected chi connectivity index (χ1v) is 8.39. The smallest absolute Gasteiger partial charge is 0.238 e. The second-order valence-electron chi connectivity index (χ2n) is 6.76. The van der Waals surface area contributed by atoms with Gasteiger partial charge in [0.15, 0.2) is 5.11 Å². The molecule has 3 N–H and O–H groups in total. The van der Waals surface area contributed by atoms with Crippen LogP contribution in [0.3, 0.4) is 0 Å². The third kappa shape index (κ3) is 7.58. The third-order valence-electron chi connectivity index (χ3n) is 3.45. The van der Waals surface area contributed by atoms with Crippen LogP contribution in [0, 0.1) is 0 Å². The molecule has 0 aliphatic carbocycles. The molecule has 0 saturated carbocycles. The topological polar surface area (TPSA) is 93.8 Å². The maximum Gasteiger partial charge on any atom is 0.238 e. The molecule has 136 valence electrons. The molecule has 0 aromatic rings. The van der Waals surface area contributed by atoms with E-state index >= 15 is 0 Å². The van der Waals surface area contributed by atoms with Gasteiger partial charge in [-0.1, -0.05) is 0 Å². The molecule has 0 unspecified atom stereocenters. The number of hydrogen-bond acceptors (Lipinski definition) is 4. The summed E-state index contributed by atoms with van der Waals surface area (Å²) in [5.41, 5.74) is 4.88. The van der Waals surface area contributed by atoms with Gasteiger partial charge in [-0.3, -0.25) is 25.2 Å². The highest BCUT2D eigenvalue weighted by Crippen LogP contribution is 2.05. The van der Waals surface area contributed by atoms with Gasteiger partial charge in [0.05, 0.1) is 0 Å². The van der Waals surface area contributed by atoms with Crippen molar-refractivity contribution >= 4 is 35.1 Å². The van der Waals surface area contributed by atoms with Crippen molar-refractivity contribution < 1.29 is 14.4 Å². The van der Waals surface area contributed by atoms with Gasteiger partial charge in [-0.05, 0) is 33.0 Å². The molecule has 24 heavy (non-hydrogen) atoms. The highest BCUT2D eigenvalue weighted by molar-refractivity contribution is 7.80. The second kappa shape index (κ2) is 8.81. The zero-order valence-corrected chi connectivity index (χ0v) is 15.6. The van der Waals surface area contributed by atoms with Crippen LogP contribution in [0.1, 0.15) is 40.5 Å². The summed E-state index contributed by atoms with van der Waals surface area (Å²) in [4.78, 5) is 38.5. The van der Waals surface area contributed by atoms with E-state index in [0.29, 0.717) is 31.3 Å². The van der Waals surface area contributed by atoms with E-state index in [4.69, 9.17) is 12.2 Å². The third-order valence-corrected chi connectivity index (χ3v) is 3.65. The summed E-state index contributed by atoms with van der Waals surface area (Å²) >= 11 is 5.05. The highest BCUT2D eigenvalue weighted by atomic mass is 32.1. The van der Waals surface area contributed by atoms with Gasteiger partial charge in [0.2, 0.25) is 17.7 Å². The molecule has 0 aromatic heterocycles. The van der Waals surface area contributed by atoms with E-state index in [1.807, 2.05) is 20.8 Å².